The van der Waals surface area contributed by atoms with E-state index >= 15 is 0 Å². The second-order valence-corrected chi connectivity index (χ2v) is 2.89. The molecule has 0 unspecified atom stereocenters. The number of rotatable bonds is 0. The molecule has 0 aromatic heterocycles. The molecule has 0 amide bonds. The van der Waals surface area contributed by atoms with Crippen LogP contribution >= 0.6 is 11.3 Å². The first-order valence-electron chi connectivity index (χ1n) is 3.39. The third-order valence-electron chi connectivity index (χ3n) is 1.41. The molecule has 12 heavy (non-hydrogen) atoms. The van der Waals surface area contributed by atoms with Gasteiger partial charge in [0.1, 0.15) is 0 Å². The topological polar surface area (TPSA) is 40.5 Å². The van der Waals surface area contributed by atoms with Gasteiger partial charge in [0.15, 0.2) is 0 Å². The van der Waals surface area contributed by atoms with Gasteiger partial charge in [0, 0.05) is 0 Å². The maximum absolute atomic E-state index is 7.00. The van der Waals surface area contributed by atoms with Gasteiger partial charge in [-0.2, -0.15) is 11.3 Å². The Labute approximate surface area is 75.8 Å². The van der Waals surface area contributed by atoms with Crippen LogP contribution in [0, 0.1) is 0 Å². The van der Waals surface area contributed by atoms with Gasteiger partial charge < -0.3 is 10.0 Å². The van der Waals surface area contributed by atoms with Crippen molar-refractivity contribution in [3.63, 3.8) is 0 Å². The van der Waals surface area contributed by atoms with E-state index < -0.39 is 0 Å². The molecule has 0 aromatic rings. The molecular formula is C8H8BO2S. The molecule has 0 saturated carbocycles. The summed E-state index contributed by atoms with van der Waals surface area (Å²) in [6, 6.07) is 8.48. The number of fused-ring (bicyclic) bond motifs is 1. The smallest absolute Gasteiger partial charge is 0.429 e. The maximum atomic E-state index is 7.00. The minimum atomic E-state index is 0. The summed E-state index contributed by atoms with van der Waals surface area (Å²) in [4.78, 5) is 0. The number of hydrogen-bond acceptors (Lipinski definition) is 3. The lowest BCUT2D eigenvalue weighted by atomic mass is 10.2. The van der Waals surface area contributed by atoms with Crippen molar-refractivity contribution in [3.05, 3.63) is 35.0 Å². The molecule has 2 rings (SSSR count). The lowest BCUT2D eigenvalue weighted by Gasteiger charge is -1.91. The van der Waals surface area contributed by atoms with E-state index in [0.717, 1.165) is 0 Å². The van der Waals surface area contributed by atoms with Crippen LogP contribution in [0.25, 0.3) is 11.1 Å². The Morgan fingerprint density at radius 1 is 1.08 bits per heavy atom. The molecule has 1 radical (unpaired) electrons. The molecule has 0 spiro atoms. The standard InChI is InChI=1S/C8H6S.BH2O2/c1-2-7-4-5-9-6-8(7)3-1;2-1-3/h1-6H;2-3H. The molecule has 2 nitrogen and oxygen atoms in total. The van der Waals surface area contributed by atoms with Crippen molar-refractivity contribution in [3.8, 4) is 11.1 Å². The van der Waals surface area contributed by atoms with E-state index in [9.17, 15) is 0 Å². The second-order valence-electron chi connectivity index (χ2n) is 2.11. The van der Waals surface area contributed by atoms with Gasteiger partial charge in [-0.15, -0.1) is 0 Å². The molecule has 1 aliphatic heterocycles. The lowest BCUT2D eigenvalue weighted by molar-refractivity contribution is 0.448. The molecule has 1 aliphatic carbocycles. The van der Waals surface area contributed by atoms with Crippen LogP contribution in [0.4, 0.5) is 0 Å². The predicted molar refractivity (Wildman–Crippen MR) is 51.1 cm³/mol. The van der Waals surface area contributed by atoms with Crippen LogP contribution in [-0.2, 0) is 0 Å². The van der Waals surface area contributed by atoms with Crippen molar-refractivity contribution < 1.29 is 10.0 Å². The summed E-state index contributed by atoms with van der Waals surface area (Å²) in [7, 11) is 0. The van der Waals surface area contributed by atoms with Crippen LogP contribution in [-0.4, -0.2) is 17.7 Å². The van der Waals surface area contributed by atoms with Crippen molar-refractivity contribution in [2.45, 2.75) is 0 Å². The van der Waals surface area contributed by atoms with E-state index in [0.29, 0.717) is 0 Å². The van der Waals surface area contributed by atoms with E-state index in [1.807, 2.05) is 0 Å². The zero-order chi connectivity index (χ0) is 8.81. The normalized spacial score (nSPS) is 8.83. The SMILES string of the molecule is O[B]O.c1cc2ccscc-2c1. The highest BCUT2D eigenvalue weighted by Gasteiger charge is 1.96. The van der Waals surface area contributed by atoms with Crippen LogP contribution in [0.2, 0.25) is 0 Å². The molecule has 0 saturated heterocycles. The molecule has 0 fully saturated rings. The van der Waals surface area contributed by atoms with E-state index in [4.69, 9.17) is 10.0 Å². The third-order valence-corrected chi connectivity index (χ3v) is 2.09. The molecule has 4 heteroatoms. The summed E-state index contributed by atoms with van der Waals surface area (Å²) in [5.41, 5.74) is 2.69. The largest absolute Gasteiger partial charge is 0.482 e. The Kier molecular flexibility index (Phi) is 3.80. The summed E-state index contributed by atoms with van der Waals surface area (Å²) in [5.74, 6) is 0. The van der Waals surface area contributed by atoms with Gasteiger partial charge in [-0.05, 0) is 28.0 Å². The van der Waals surface area contributed by atoms with Gasteiger partial charge in [-0.25, -0.2) is 0 Å². The molecule has 0 aromatic carbocycles. The van der Waals surface area contributed by atoms with Crippen molar-refractivity contribution in [1.82, 2.24) is 0 Å². The van der Waals surface area contributed by atoms with Crippen LogP contribution in [0.15, 0.2) is 35.0 Å². The van der Waals surface area contributed by atoms with E-state index in [-0.39, 0.29) is 7.69 Å². The highest BCUT2D eigenvalue weighted by atomic mass is 32.1. The Hall–Kier alpha value is -0.835. The van der Waals surface area contributed by atoms with Crippen molar-refractivity contribution in [1.29, 1.82) is 0 Å². The van der Waals surface area contributed by atoms with Gasteiger partial charge in [-0.3, -0.25) is 0 Å². The fourth-order valence-corrected chi connectivity index (χ4v) is 1.60. The highest BCUT2D eigenvalue weighted by molar-refractivity contribution is 7.07. The monoisotopic (exact) mass is 179 g/mol. The first kappa shape index (κ1) is 9.25. The minimum absolute atomic E-state index is 0. The fourth-order valence-electron chi connectivity index (χ4n) is 0.932. The molecule has 0 bridgehead atoms. The van der Waals surface area contributed by atoms with E-state index in [2.05, 4.69) is 35.0 Å². The zero-order valence-electron chi connectivity index (χ0n) is 6.34. The summed E-state index contributed by atoms with van der Waals surface area (Å²) in [6.45, 7) is 0. The van der Waals surface area contributed by atoms with Gasteiger partial charge >= 0.3 is 7.69 Å². The molecule has 2 N–H and O–H groups in total. The van der Waals surface area contributed by atoms with Gasteiger partial charge in [0.25, 0.3) is 0 Å². The summed E-state index contributed by atoms with van der Waals surface area (Å²) < 4.78 is 0. The average Bonchev–Trinajstić information content (AvgIpc) is 2.52. The first-order chi connectivity index (χ1) is 5.88. The summed E-state index contributed by atoms with van der Waals surface area (Å²) >= 11 is 1.74. The van der Waals surface area contributed by atoms with Crippen molar-refractivity contribution in [2.75, 3.05) is 0 Å². The Morgan fingerprint density at radius 2 is 1.75 bits per heavy atom. The Bertz CT molecular complexity index is 270. The van der Waals surface area contributed by atoms with Crippen molar-refractivity contribution >= 4 is 19.0 Å². The summed E-state index contributed by atoms with van der Waals surface area (Å²) in [6.07, 6.45) is 0. The first-order valence-corrected chi connectivity index (χ1v) is 4.34. The fraction of sp³-hybridized carbons (Fsp3) is 0. The molecule has 0 atom stereocenters. The quantitative estimate of drug-likeness (QED) is 0.599. The van der Waals surface area contributed by atoms with Gasteiger partial charge in [0.2, 0.25) is 0 Å². The van der Waals surface area contributed by atoms with E-state index in [1.165, 1.54) is 11.1 Å². The molecule has 2 aliphatic rings. The molecule has 1 heterocycles. The van der Waals surface area contributed by atoms with Gasteiger partial charge in [0.05, 0.1) is 0 Å². The maximum Gasteiger partial charge on any atom is 0.482 e. The Morgan fingerprint density at radius 3 is 2.42 bits per heavy atom. The summed E-state index contributed by atoms with van der Waals surface area (Å²) in [5, 5.41) is 18.3. The van der Waals surface area contributed by atoms with E-state index in [1.54, 1.807) is 11.3 Å². The van der Waals surface area contributed by atoms with Crippen LogP contribution in [0.1, 0.15) is 0 Å². The van der Waals surface area contributed by atoms with Crippen molar-refractivity contribution in [2.24, 2.45) is 0 Å². The molecular weight excluding hydrogens is 171 g/mol. The minimum Gasteiger partial charge on any atom is -0.429 e. The second kappa shape index (κ2) is 4.93. The van der Waals surface area contributed by atoms with Crippen LogP contribution in [0.5, 0.6) is 0 Å². The highest BCUT2D eigenvalue weighted by Crippen LogP contribution is 2.23. The number of hydrogen-bond donors (Lipinski definition) is 2. The zero-order valence-corrected chi connectivity index (χ0v) is 7.16. The van der Waals surface area contributed by atoms with Crippen LogP contribution in [0.3, 0.4) is 0 Å². The molecule has 61 valence electrons. The van der Waals surface area contributed by atoms with Gasteiger partial charge in [-0.1, -0.05) is 18.2 Å². The lowest BCUT2D eigenvalue weighted by Crippen LogP contribution is -1.75. The third kappa shape index (κ3) is 2.34. The Balaban J connectivity index is 0.000000213. The van der Waals surface area contributed by atoms with Crippen LogP contribution < -0.4 is 0 Å². The predicted octanol–water partition coefficient (Wildman–Crippen LogP) is 1.36. The average molecular weight is 179 g/mol.